The van der Waals surface area contributed by atoms with Gasteiger partial charge in [-0.3, -0.25) is 9.36 Å². The van der Waals surface area contributed by atoms with E-state index < -0.39 is 31.4 Å². The fourth-order valence-electron chi connectivity index (χ4n) is 2.45. The summed E-state index contributed by atoms with van der Waals surface area (Å²) in [6, 6.07) is 6.34. The highest BCUT2D eigenvalue weighted by molar-refractivity contribution is 9.10. The molecule has 5 nitrogen and oxygen atoms in total. The first-order valence-corrected chi connectivity index (χ1v) is 10.3. The van der Waals surface area contributed by atoms with Gasteiger partial charge in [-0.05, 0) is 42.8 Å². The van der Waals surface area contributed by atoms with Gasteiger partial charge in [0, 0.05) is 15.4 Å². The summed E-state index contributed by atoms with van der Waals surface area (Å²) in [5, 5.41) is 6.26. The maximum atomic E-state index is 14.5. The van der Waals surface area contributed by atoms with Crippen molar-refractivity contribution in [3.05, 3.63) is 67.1 Å². The Labute approximate surface area is 159 Å². The van der Waals surface area contributed by atoms with Crippen LogP contribution in [-0.2, 0) is 10.0 Å². The lowest BCUT2D eigenvalue weighted by Gasteiger charge is -2.11. The van der Waals surface area contributed by atoms with E-state index in [4.69, 9.17) is 5.14 Å². The van der Waals surface area contributed by atoms with Crippen LogP contribution in [0.2, 0.25) is 0 Å². The van der Waals surface area contributed by atoms with Gasteiger partial charge >= 0.3 is 4.87 Å². The first kappa shape index (κ1) is 18.9. The highest BCUT2D eigenvalue weighted by Crippen LogP contribution is 2.30. The van der Waals surface area contributed by atoms with E-state index in [9.17, 15) is 22.0 Å². The molecule has 0 atom stereocenters. The van der Waals surface area contributed by atoms with Gasteiger partial charge in [0.25, 0.3) is 0 Å². The summed E-state index contributed by atoms with van der Waals surface area (Å²) in [5.41, 5.74) is 1.19. The molecule has 0 saturated heterocycles. The molecule has 0 amide bonds. The maximum absolute atomic E-state index is 14.5. The molecule has 136 valence electrons. The number of thiazole rings is 1. The Hall–Kier alpha value is -1.88. The molecule has 1 aromatic heterocycles. The average Bonchev–Trinajstić information content (AvgIpc) is 2.92. The standard InChI is InChI=1S/C16H11BrF2N2O3S2/c1-8-4-9(2-3-11(8)17)21-14(7-25-16(21)22)10-5-13(19)15(6-12(10)18)26(20,23)24/h2-7H,1H3,(H2,20,23,24). The Bertz CT molecular complexity index is 1190. The number of halogens is 3. The molecule has 10 heteroatoms. The SMILES string of the molecule is Cc1cc(-n2c(-c3cc(F)c(S(N)(=O)=O)cc3F)csc2=O)ccc1Br. The van der Waals surface area contributed by atoms with Crippen molar-refractivity contribution in [3.63, 3.8) is 0 Å². The number of nitrogens with zero attached hydrogens (tertiary/aromatic N) is 1. The van der Waals surface area contributed by atoms with E-state index in [2.05, 4.69) is 15.9 Å². The van der Waals surface area contributed by atoms with Crippen LogP contribution in [0.15, 0.2) is 49.9 Å². The summed E-state index contributed by atoms with van der Waals surface area (Å²) in [5.74, 6) is -2.20. The number of sulfonamides is 1. The van der Waals surface area contributed by atoms with Gasteiger partial charge in [0.15, 0.2) is 0 Å². The van der Waals surface area contributed by atoms with Gasteiger partial charge < -0.3 is 0 Å². The summed E-state index contributed by atoms with van der Waals surface area (Å²) in [4.78, 5) is 10.9. The second-order valence-electron chi connectivity index (χ2n) is 5.46. The lowest BCUT2D eigenvalue weighted by atomic mass is 10.1. The zero-order valence-electron chi connectivity index (χ0n) is 13.2. The zero-order valence-corrected chi connectivity index (χ0v) is 16.4. The van der Waals surface area contributed by atoms with Crippen molar-refractivity contribution in [2.75, 3.05) is 0 Å². The Morgan fingerprint density at radius 1 is 1.15 bits per heavy atom. The van der Waals surface area contributed by atoms with E-state index in [0.717, 1.165) is 27.4 Å². The van der Waals surface area contributed by atoms with Crippen molar-refractivity contribution in [1.29, 1.82) is 0 Å². The Morgan fingerprint density at radius 3 is 2.46 bits per heavy atom. The number of benzene rings is 2. The zero-order chi connectivity index (χ0) is 19.2. The minimum atomic E-state index is -4.41. The third-order valence-electron chi connectivity index (χ3n) is 3.70. The van der Waals surface area contributed by atoms with Gasteiger partial charge in [0.05, 0.1) is 11.4 Å². The van der Waals surface area contributed by atoms with Gasteiger partial charge in [-0.25, -0.2) is 22.3 Å². The van der Waals surface area contributed by atoms with E-state index in [-0.39, 0.29) is 11.3 Å². The molecule has 0 bridgehead atoms. The van der Waals surface area contributed by atoms with Crippen LogP contribution in [0.25, 0.3) is 16.9 Å². The van der Waals surface area contributed by atoms with Gasteiger partial charge in [-0.2, -0.15) is 0 Å². The Balaban J connectivity index is 2.26. The lowest BCUT2D eigenvalue weighted by molar-refractivity contribution is 0.555. The first-order valence-electron chi connectivity index (χ1n) is 7.09. The fourth-order valence-corrected chi connectivity index (χ4v) is 4.05. The minimum Gasteiger partial charge on any atom is -0.267 e. The highest BCUT2D eigenvalue weighted by Gasteiger charge is 2.22. The highest BCUT2D eigenvalue weighted by atomic mass is 79.9. The van der Waals surface area contributed by atoms with E-state index in [1.807, 2.05) is 6.92 Å². The fraction of sp³-hybridized carbons (Fsp3) is 0.0625. The summed E-state index contributed by atoms with van der Waals surface area (Å²) >= 11 is 4.18. The van der Waals surface area contributed by atoms with Crippen molar-refractivity contribution in [2.24, 2.45) is 5.14 Å². The third-order valence-corrected chi connectivity index (χ3v) is 6.24. The predicted molar refractivity (Wildman–Crippen MR) is 99.1 cm³/mol. The lowest BCUT2D eigenvalue weighted by Crippen LogP contribution is -2.15. The van der Waals surface area contributed by atoms with E-state index in [1.165, 1.54) is 9.95 Å². The van der Waals surface area contributed by atoms with Crippen molar-refractivity contribution >= 4 is 37.3 Å². The number of aryl methyl sites for hydroxylation is 1. The molecule has 0 aliphatic heterocycles. The van der Waals surface area contributed by atoms with Crippen LogP contribution in [0.1, 0.15) is 5.56 Å². The summed E-state index contributed by atoms with van der Waals surface area (Å²) < 4.78 is 53.4. The second-order valence-corrected chi connectivity index (χ2v) is 8.67. The van der Waals surface area contributed by atoms with Crippen molar-refractivity contribution in [1.82, 2.24) is 4.57 Å². The molecule has 26 heavy (non-hydrogen) atoms. The molecule has 0 saturated carbocycles. The number of rotatable bonds is 3. The molecule has 0 radical (unpaired) electrons. The van der Waals surface area contributed by atoms with Gasteiger partial charge in [-0.1, -0.05) is 27.3 Å². The van der Waals surface area contributed by atoms with Gasteiger partial charge in [0.2, 0.25) is 10.0 Å². The van der Waals surface area contributed by atoms with Crippen LogP contribution in [-0.4, -0.2) is 13.0 Å². The van der Waals surface area contributed by atoms with Gasteiger partial charge in [-0.15, -0.1) is 0 Å². The topological polar surface area (TPSA) is 82.2 Å². The molecular weight excluding hydrogens is 450 g/mol. The molecule has 3 aromatic rings. The average molecular weight is 461 g/mol. The smallest absolute Gasteiger partial charge is 0.267 e. The van der Waals surface area contributed by atoms with Gasteiger partial charge in [0.1, 0.15) is 16.5 Å². The minimum absolute atomic E-state index is 0.110. The molecule has 3 rings (SSSR count). The van der Waals surface area contributed by atoms with Crippen molar-refractivity contribution < 1.29 is 17.2 Å². The molecule has 0 spiro atoms. The third kappa shape index (κ3) is 3.37. The van der Waals surface area contributed by atoms with E-state index in [1.54, 1.807) is 18.2 Å². The molecular formula is C16H11BrF2N2O3S2. The van der Waals surface area contributed by atoms with Crippen LogP contribution in [0.5, 0.6) is 0 Å². The number of aromatic nitrogens is 1. The van der Waals surface area contributed by atoms with Crippen LogP contribution >= 0.6 is 27.3 Å². The van der Waals surface area contributed by atoms with Crippen molar-refractivity contribution in [3.8, 4) is 16.9 Å². The molecule has 0 fully saturated rings. The summed E-state index contributed by atoms with van der Waals surface area (Å²) in [6.07, 6.45) is 0. The van der Waals surface area contributed by atoms with E-state index >= 15 is 0 Å². The first-order chi connectivity index (χ1) is 12.1. The Morgan fingerprint density at radius 2 is 1.85 bits per heavy atom. The maximum Gasteiger partial charge on any atom is 0.312 e. The Kier molecular flexibility index (Phi) is 4.86. The summed E-state index contributed by atoms with van der Waals surface area (Å²) in [7, 11) is -4.41. The summed E-state index contributed by atoms with van der Waals surface area (Å²) in [6.45, 7) is 1.83. The molecule has 2 aromatic carbocycles. The molecule has 1 heterocycles. The largest absolute Gasteiger partial charge is 0.312 e. The molecule has 0 aliphatic rings. The van der Waals surface area contributed by atoms with Crippen LogP contribution in [0.3, 0.4) is 0 Å². The van der Waals surface area contributed by atoms with Crippen molar-refractivity contribution in [2.45, 2.75) is 11.8 Å². The molecule has 2 N–H and O–H groups in total. The number of hydrogen-bond donors (Lipinski definition) is 1. The van der Waals surface area contributed by atoms with E-state index in [0.29, 0.717) is 11.8 Å². The van der Waals surface area contributed by atoms with Crippen LogP contribution in [0.4, 0.5) is 8.78 Å². The molecule has 0 aliphatic carbocycles. The number of primary sulfonamides is 1. The normalized spacial score (nSPS) is 11.7. The number of hydrogen-bond acceptors (Lipinski definition) is 4. The second kappa shape index (κ2) is 6.69. The molecule has 0 unspecified atom stereocenters. The quantitative estimate of drug-likeness (QED) is 0.648. The predicted octanol–water partition coefficient (Wildman–Crippen LogP) is 3.56. The monoisotopic (exact) mass is 460 g/mol. The van der Waals surface area contributed by atoms with Crippen LogP contribution < -0.4 is 10.0 Å². The van der Waals surface area contributed by atoms with Crippen LogP contribution in [0, 0.1) is 18.6 Å². The number of nitrogens with two attached hydrogens (primary N) is 1.